The Morgan fingerprint density at radius 2 is 2.13 bits per heavy atom. The summed E-state index contributed by atoms with van der Waals surface area (Å²) in [5.74, 6) is 0.150. The summed E-state index contributed by atoms with van der Waals surface area (Å²) in [7, 11) is -3.40. The van der Waals surface area contributed by atoms with E-state index in [1.807, 2.05) is 6.07 Å². The molecule has 1 atom stereocenters. The highest BCUT2D eigenvalue weighted by atomic mass is 32.2. The second-order valence-corrected chi connectivity index (χ2v) is 8.01. The fourth-order valence-electron chi connectivity index (χ4n) is 3.11. The van der Waals surface area contributed by atoms with Crippen molar-refractivity contribution in [3.8, 4) is 0 Å². The molecule has 2 heterocycles. The molecule has 3 rings (SSSR count). The molecular formula is C16H22N2O4S. The minimum Gasteiger partial charge on any atom is -0.381 e. The quantitative estimate of drug-likeness (QED) is 0.881. The Hall–Kier alpha value is -1.60. The van der Waals surface area contributed by atoms with Crippen molar-refractivity contribution >= 4 is 27.3 Å². The fourth-order valence-corrected chi connectivity index (χ4v) is 4.56. The Labute approximate surface area is 136 Å². The van der Waals surface area contributed by atoms with Gasteiger partial charge in [-0.15, -0.1) is 0 Å². The lowest BCUT2D eigenvalue weighted by Gasteiger charge is -2.22. The number of hydrogen-bond acceptors (Lipinski definition) is 4. The number of ether oxygens (including phenoxy) is 1. The van der Waals surface area contributed by atoms with Crippen LogP contribution in [0.5, 0.6) is 0 Å². The van der Waals surface area contributed by atoms with Crippen molar-refractivity contribution in [2.75, 3.05) is 29.0 Å². The van der Waals surface area contributed by atoms with E-state index in [4.69, 9.17) is 4.74 Å². The summed E-state index contributed by atoms with van der Waals surface area (Å²) in [5.41, 5.74) is 2.30. The molecular weight excluding hydrogens is 316 g/mol. The molecule has 126 valence electrons. The van der Waals surface area contributed by atoms with Gasteiger partial charge in [0, 0.05) is 24.4 Å². The number of carbonyl (C=O) groups is 1. The Morgan fingerprint density at radius 3 is 2.91 bits per heavy atom. The number of aryl methyl sites for hydroxylation is 1. The average Bonchev–Trinajstić information content (AvgIpc) is 2.67. The molecule has 0 aliphatic carbocycles. The smallest absolute Gasteiger partial charge is 0.233 e. The molecule has 7 heteroatoms. The number of hydrogen-bond donors (Lipinski definition) is 2. The van der Waals surface area contributed by atoms with Crippen molar-refractivity contribution in [2.45, 2.75) is 32.1 Å². The predicted molar refractivity (Wildman–Crippen MR) is 89.0 cm³/mol. The topological polar surface area (TPSA) is 84.5 Å². The number of fused-ring (bicyclic) bond motifs is 1. The molecule has 0 saturated carbocycles. The van der Waals surface area contributed by atoms with Gasteiger partial charge < -0.3 is 10.1 Å². The molecule has 2 aliphatic heterocycles. The van der Waals surface area contributed by atoms with Crippen molar-refractivity contribution in [2.24, 2.45) is 5.92 Å². The molecule has 1 fully saturated rings. The van der Waals surface area contributed by atoms with Crippen LogP contribution in [-0.2, 0) is 26.0 Å². The van der Waals surface area contributed by atoms with Crippen LogP contribution in [0.15, 0.2) is 18.2 Å². The first kappa shape index (κ1) is 16.3. The third kappa shape index (κ3) is 4.45. The van der Waals surface area contributed by atoms with E-state index in [0.29, 0.717) is 18.7 Å². The van der Waals surface area contributed by atoms with Crippen LogP contribution >= 0.6 is 0 Å². The van der Waals surface area contributed by atoms with Gasteiger partial charge in [-0.05, 0) is 55.4 Å². The Balaban J connectivity index is 1.69. The van der Waals surface area contributed by atoms with Crippen LogP contribution < -0.4 is 10.0 Å². The van der Waals surface area contributed by atoms with E-state index in [1.165, 1.54) is 0 Å². The van der Waals surface area contributed by atoms with Crippen LogP contribution in [0.2, 0.25) is 0 Å². The van der Waals surface area contributed by atoms with Crippen LogP contribution in [0.1, 0.15) is 31.2 Å². The van der Waals surface area contributed by atoms with E-state index >= 15 is 0 Å². The minimum atomic E-state index is -3.40. The Bertz CT molecular complexity index is 681. The third-order valence-electron chi connectivity index (χ3n) is 4.21. The molecule has 6 nitrogen and oxygen atoms in total. The molecule has 0 radical (unpaired) electrons. The number of benzene rings is 1. The summed E-state index contributed by atoms with van der Waals surface area (Å²) in [5, 5.41) is 2.85. The maximum absolute atomic E-state index is 12.3. The van der Waals surface area contributed by atoms with E-state index in [9.17, 15) is 13.2 Å². The van der Waals surface area contributed by atoms with Crippen LogP contribution in [0, 0.1) is 5.92 Å². The van der Waals surface area contributed by atoms with E-state index in [0.717, 1.165) is 43.5 Å². The lowest BCUT2D eigenvalue weighted by atomic mass is 10.1. The zero-order valence-electron chi connectivity index (χ0n) is 13.0. The van der Waals surface area contributed by atoms with Crippen LogP contribution in [0.3, 0.4) is 0 Å². The number of nitrogens with one attached hydrogen (secondary N) is 2. The van der Waals surface area contributed by atoms with Gasteiger partial charge in [0.2, 0.25) is 15.9 Å². The van der Waals surface area contributed by atoms with Crippen molar-refractivity contribution in [3.05, 3.63) is 23.8 Å². The SMILES string of the molecule is O=C1CCCc2cc(NS(=O)(=O)CC3CCCOC3)ccc2N1. The number of anilines is 2. The number of rotatable bonds is 4. The van der Waals surface area contributed by atoms with Crippen molar-refractivity contribution in [3.63, 3.8) is 0 Å². The Morgan fingerprint density at radius 1 is 1.26 bits per heavy atom. The molecule has 1 aromatic rings. The minimum absolute atomic E-state index is 0.00868. The van der Waals surface area contributed by atoms with Crippen LogP contribution in [0.4, 0.5) is 11.4 Å². The monoisotopic (exact) mass is 338 g/mol. The lowest BCUT2D eigenvalue weighted by Crippen LogP contribution is -2.28. The lowest BCUT2D eigenvalue weighted by molar-refractivity contribution is -0.116. The maximum atomic E-state index is 12.3. The van der Waals surface area contributed by atoms with Crippen molar-refractivity contribution in [1.82, 2.24) is 0 Å². The van der Waals surface area contributed by atoms with Crippen LogP contribution in [0.25, 0.3) is 0 Å². The summed E-state index contributed by atoms with van der Waals surface area (Å²) >= 11 is 0. The summed E-state index contributed by atoms with van der Waals surface area (Å²) in [6.45, 7) is 1.23. The highest BCUT2D eigenvalue weighted by molar-refractivity contribution is 7.92. The third-order valence-corrected chi connectivity index (χ3v) is 5.67. The zero-order valence-corrected chi connectivity index (χ0v) is 13.8. The zero-order chi connectivity index (χ0) is 16.3. The molecule has 0 bridgehead atoms. The van der Waals surface area contributed by atoms with Gasteiger partial charge in [-0.3, -0.25) is 9.52 Å². The first-order valence-corrected chi connectivity index (χ1v) is 9.68. The van der Waals surface area contributed by atoms with Gasteiger partial charge in [-0.1, -0.05) is 0 Å². The fraction of sp³-hybridized carbons (Fsp3) is 0.562. The van der Waals surface area contributed by atoms with Gasteiger partial charge >= 0.3 is 0 Å². The average molecular weight is 338 g/mol. The molecule has 2 aliphatic rings. The highest BCUT2D eigenvalue weighted by Gasteiger charge is 2.22. The maximum Gasteiger partial charge on any atom is 0.233 e. The Kier molecular flexibility index (Phi) is 4.87. The number of sulfonamides is 1. The number of carbonyl (C=O) groups excluding carboxylic acids is 1. The summed E-state index contributed by atoms with van der Waals surface area (Å²) in [6, 6.07) is 5.27. The summed E-state index contributed by atoms with van der Waals surface area (Å²) in [4.78, 5) is 11.5. The van der Waals surface area contributed by atoms with E-state index < -0.39 is 10.0 Å². The molecule has 2 N–H and O–H groups in total. The molecule has 1 unspecified atom stereocenters. The standard InChI is InChI=1S/C16H22N2O4S/c19-16-5-1-4-13-9-14(6-7-15(13)17-16)18-23(20,21)11-12-3-2-8-22-10-12/h6-7,9,12,18H,1-5,8,10-11H2,(H,17,19). The van der Waals surface area contributed by atoms with Crippen LogP contribution in [-0.4, -0.2) is 33.3 Å². The van der Waals surface area contributed by atoms with E-state index in [1.54, 1.807) is 12.1 Å². The van der Waals surface area contributed by atoms with Gasteiger partial charge in [-0.25, -0.2) is 8.42 Å². The van der Waals surface area contributed by atoms with Crippen molar-refractivity contribution in [1.29, 1.82) is 0 Å². The summed E-state index contributed by atoms with van der Waals surface area (Å²) in [6.07, 6.45) is 3.84. The second-order valence-electron chi connectivity index (χ2n) is 6.24. The van der Waals surface area contributed by atoms with Gasteiger partial charge in [0.15, 0.2) is 0 Å². The molecule has 0 aromatic heterocycles. The van der Waals surface area contributed by atoms with Gasteiger partial charge in [0.1, 0.15) is 0 Å². The van der Waals surface area contributed by atoms with E-state index in [2.05, 4.69) is 10.0 Å². The summed E-state index contributed by atoms with van der Waals surface area (Å²) < 4.78 is 32.6. The molecule has 1 saturated heterocycles. The second kappa shape index (κ2) is 6.88. The van der Waals surface area contributed by atoms with Gasteiger partial charge in [0.25, 0.3) is 0 Å². The van der Waals surface area contributed by atoms with Crippen molar-refractivity contribution < 1.29 is 17.9 Å². The normalized spacial score (nSPS) is 21.9. The van der Waals surface area contributed by atoms with Gasteiger partial charge in [-0.2, -0.15) is 0 Å². The highest BCUT2D eigenvalue weighted by Crippen LogP contribution is 2.26. The molecule has 0 spiro atoms. The first-order valence-electron chi connectivity index (χ1n) is 8.03. The molecule has 1 aromatic carbocycles. The molecule has 1 amide bonds. The first-order chi connectivity index (χ1) is 11.0. The largest absolute Gasteiger partial charge is 0.381 e. The number of amides is 1. The molecule has 23 heavy (non-hydrogen) atoms. The van der Waals surface area contributed by atoms with Gasteiger partial charge in [0.05, 0.1) is 12.4 Å². The van der Waals surface area contributed by atoms with E-state index in [-0.39, 0.29) is 17.6 Å². The predicted octanol–water partition coefficient (Wildman–Crippen LogP) is 2.13.